The van der Waals surface area contributed by atoms with Gasteiger partial charge in [-0.15, -0.1) is 0 Å². The summed E-state index contributed by atoms with van der Waals surface area (Å²) in [5.74, 6) is 0.711. The van der Waals surface area contributed by atoms with Crippen molar-refractivity contribution in [3.05, 3.63) is 47.5 Å². The van der Waals surface area contributed by atoms with Crippen molar-refractivity contribution < 1.29 is 0 Å². The topological polar surface area (TPSA) is 66.7 Å². The number of para-hydroxylation sites is 2. The van der Waals surface area contributed by atoms with Gasteiger partial charge in [0.25, 0.3) is 0 Å². The standard InChI is InChI=1S/C14H11ClN4S/c15-10-6-5-8(17-14(16)20)7-9(10)13-18-11-3-1-2-4-12(11)19-13/h1-7H,(H,18,19)(H3,16,17,20). The first-order chi connectivity index (χ1) is 9.63. The second-order valence-electron chi connectivity index (χ2n) is 4.29. The van der Waals surface area contributed by atoms with Crippen molar-refractivity contribution in [2.24, 2.45) is 5.73 Å². The Morgan fingerprint density at radius 1 is 1.25 bits per heavy atom. The van der Waals surface area contributed by atoms with Gasteiger partial charge in [0, 0.05) is 11.3 Å². The van der Waals surface area contributed by atoms with Crippen molar-refractivity contribution in [1.29, 1.82) is 0 Å². The Kier molecular flexibility index (Phi) is 3.30. The lowest BCUT2D eigenvalue weighted by Gasteiger charge is -2.07. The van der Waals surface area contributed by atoms with Crippen LogP contribution in [0, 0.1) is 0 Å². The maximum Gasteiger partial charge on any atom is 0.168 e. The summed E-state index contributed by atoms with van der Waals surface area (Å²) in [5, 5.41) is 3.70. The van der Waals surface area contributed by atoms with E-state index in [-0.39, 0.29) is 5.11 Å². The third-order valence-electron chi connectivity index (χ3n) is 2.88. The van der Waals surface area contributed by atoms with Gasteiger partial charge < -0.3 is 16.0 Å². The molecule has 2 aromatic carbocycles. The van der Waals surface area contributed by atoms with E-state index in [0.717, 1.165) is 22.3 Å². The van der Waals surface area contributed by atoms with Crippen molar-refractivity contribution in [2.45, 2.75) is 0 Å². The van der Waals surface area contributed by atoms with Crippen molar-refractivity contribution in [1.82, 2.24) is 9.97 Å². The van der Waals surface area contributed by atoms with E-state index in [0.29, 0.717) is 10.8 Å². The van der Waals surface area contributed by atoms with Crippen LogP contribution in [0.5, 0.6) is 0 Å². The maximum absolute atomic E-state index is 6.24. The van der Waals surface area contributed by atoms with Crippen LogP contribution in [0.4, 0.5) is 5.69 Å². The minimum absolute atomic E-state index is 0.211. The molecule has 3 aromatic rings. The number of nitrogens with two attached hydrogens (primary N) is 1. The molecule has 0 saturated carbocycles. The van der Waals surface area contributed by atoms with Crippen LogP contribution in [0.1, 0.15) is 0 Å². The Morgan fingerprint density at radius 2 is 2.05 bits per heavy atom. The Bertz CT molecular complexity index is 764. The fraction of sp³-hybridized carbons (Fsp3) is 0. The summed E-state index contributed by atoms with van der Waals surface area (Å²) >= 11 is 11.1. The Hall–Kier alpha value is -2.11. The summed E-state index contributed by atoms with van der Waals surface area (Å²) in [5.41, 5.74) is 8.91. The molecule has 0 fully saturated rings. The van der Waals surface area contributed by atoms with Crippen molar-refractivity contribution in [3.63, 3.8) is 0 Å². The Balaban J connectivity index is 2.10. The molecule has 0 aliphatic rings. The van der Waals surface area contributed by atoms with Gasteiger partial charge in [0.2, 0.25) is 0 Å². The monoisotopic (exact) mass is 302 g/mol. The molecule has 0 unspecified atom stereocenters. The van der Waals surface area contributed by atoms with Gasteiger partial charge in [0.1, 0.15) is 5.82 Å². The van der Waals surface area contributed by atoms with E-state index >= 15 is 0 Å². The largest absolute Gasteiger partial charge is 0.376 e. The van der Waals surface area contributed by atoms with Gasteiger partial charge in [-0.05, 0) is 42.5 Å². The van der Waals surface area contributed by atoms with Gasteiger partial charge in [-0.3, -0.25) is 0 Å². The summed E-state index contributed by atoms with van der Waals surface area (Å²) in [6, 6.07) is 13.3. The first-order valence-electron chi connectivity index (χ1n) is 5.94. The number of anilines is 1. The Morgan fingerprint density at radius 3 is 2.80 bits per heavy atom. The third kappa shape index (κ3) is 2.45. The summed E-state index contributed by atoms with van der Waals surface area (Å²) in [6.45, 7) is 0. The molecule has 4 nitrogen and oxygen atoms in total. The molecule has 0 saturated heterocycles. The fourth-order valence-corrected chi connectivity index (χ4v) is 2.33. The average molecular weight is 303 g/mol. The van der Waals surface area contributed by atoms with Crippen LogP contribution < -0.4 is 11.1 Å². The zero-order chi connectivity index (χ0) is 14.1. The lowest BCUT2D eigenvalue weighted by atomic mass is 10.2. The molecule has 1 heterocycles. The lowest BCUT2D eigenvalue weighted by Crippen LogP contribution is -2.18. The van der Waals surface area contributed by atoms with Crippen molar-refractivity contribution in [3.8, 4) is 11.4 Å². The number of nitrogens with zero attached hydrogens (tertiary/aromatic N) is 1. The smallest absolute Gasteiger partial charge is 0.168 e. The van der Waals surface area contributed by atoms with Crippen molar-refractivity contribution in [2.75, 3.05) is 5.32 Å². The maximum atomic E-state index is 6.24. The van der Waals surface area contributed by atoms with E-state index in [4.69, 9.17) is 29.6 Å². The summed E-state index contributed by atoms with van der Waals surface area (Å²) in [6.07, 6.45) is 0. The van der Waals surface area contributed by atoms with Gasteiger partial charge in [-0.2, -0.15) is 0 Å². The summed E-state index contributed by atoms with van der Waals surface area (Å²) < 4.78 is 0. The number of hydrogen-bond donors (Lipinski definition) is 3. The molecule has 3 rings (SSSR count). The van der Waals surface area contributed by atoms with Gasteiger partial charge in [0.05, 0.1) is 16.1 Å². The number of H-pyrrole nitrogens is 1. The first-order valence-corrected chi connectivity index (χ1v) is 6.73. The molecule has 0 atom stereocenters. The SMILES string of the molecule is NC(=S)Nc1ccc(Cl)c(-c2nc3ccccc3[nH]2)c1. The quantitative estimate of drug-likeness (QED) is 0.633. The molecule has 100 valence electrons. The van der Waals surface area contributed by atoms with Gasteiger partial charge >= 0.3 is 0 Å². The van der Waals surface area contributed by atoms with Crippen LogP contribution in [-0.4, -0.2) is 15.1 Å². The molecule has 0 spiro atoms. The molecule has 0 aliphatic carbocycles. The van der Waals surface area contributed by atoms with E-state index in [2.05, 4.69) is 15.3 Å². The second kappa shape index (κ2) is 5.11. The highest BCUT2D eigenvalue weighted by Crippen LogP contribution is 2.30. The highest BCUT2D eigenvalue weighted by atomic mass is 35.5. The molecular formula is C14H11ClN4S. The average Bonchev–Trinajstić information content (AvgIpc) is 2.84. The molecule has 0 bridgehead atoms. The predicted molar refractivity (Wildman–Crippen MR) is 86.9 cm³/mol. The minimum atomic E-state index is 0.211. The fourth-order valence-electron chi connectivity index (χ4n) is 2.01. The highest BCUT2D eigenvalue weighted by molar-refractivity contribution is 7.80. The third-order valence-corrected chi connectivity index (χ3v) is 3.31. The number of aromatic nitrogens is 2. The van der Waals surface area contributed by atoms with Gasteiger partial charge in [-0.1, -0.05) is 23.7 Å². The van der Waals surface area contributed by atoms with E-state index in [1.54, 1.807) is 6.07 Å². The predicted octanol–water partition coefficient (Wildman–Crippen LogP) is 3.54. The van der Waals surface area contributed by atoms with Crippen molar-refractivity contribution >= 4 is 45.7 Å². The van der Waals surface area contributed by atoms with Crippen LogP contribution in [0.25, 0.3) is 22.4 Å². The van der Waals surface area contributed by atoms with Crippen LogP contribution in [0.15, 0.2) is 42.5 Å². The number of benzene rings is 2. The molecule has 20 heavy (non-hydrogen) atoms. The summed E-state index contributed by atoms with van der Waals surface area (Å²) in [4.78, 5) is 7.78. The highest BCUT2D eigenvalue weighted by Gasteiger charge is 2.10. The number of aromatic amines is 1. The number of rotatable bonds is 2. The Labute approximate surface area is 126 Å². The number of halogens is 1. The number of fused-ring (bicyclic) bond motifs is 1. The number of thiocarbonyl (C=S) groups is 1. The number of imidazole rings is 1. The molecular weight excluding hydrogens is 292 g/mol. The zero-order valence-corrected chi connectivity index (χ0v) is 11.9. The molecule has 0 radical (unpaired) electrons. The molecule has 4 N–H and O–H groups in total. The van der Waals surface area contributed by atoms with E-state index in [9.17, 15) is 0 Å². The molecule has 0 aliphatic heterocycles. The minimum Gasteiger partial charge on any atom is -0.376 e. The van der Waals surface area contributed by atoms with Crippen LogP contribution in [-0.2, 0) is 0 Å². The van der Waals surface area contributed by atoms with Gasteiger partial charge in [-0.25, -0.2) is 4.98 Å². The summed E-state index contributed by atoms with van der Waals surface area (Å²) in [7, 11) is 0. The first kappa shape index (κ1) is 12.9. The van der Waals surface area contributed by atoms with E-state index in [1.807, 2.05) is 36.4 Å². The van der Waals surface area contributed by atoms with Gasteiger partial charge in [0.15, 0.2) is 5.11 Å². The molecule has 6 heteroatoms. The van der Waals surface area contributed by atoms with E-state index < -0.39 is 0 Å². The van der Waals surface area contributed by atoms with Crippen LogP contribution in [0.3, 0.4) is 0 Å². The number of hydrogen-bond acceptors (Lipinski definition) is 2. The normalized spacial score (nSPS) is 10.7. The zero-order valence-electron chi connectivity index (χ0n) is 10.4. The second-order valence-corrected chi connectivity index (χ2v) is 5.13. The van der Waals surface area contributed by atoms with E-state index in [1.165, 1.54) is 0 Å². The van der Waals surface area contributed by atoms with Crippen LogP contribution in [0.2, 0.25) is 5.02 Å². The van der Waals surface area contributed by atoms with Crippen LogP contribution >= 0.6 is 23.8 Å². The number of nitrogens with one attached hydrogen (secondary N) is 2. The molecule has 1 aromatic heterocycles. The molecule has 0 amide bonds. The lowest BCUT2D eigenvalue weighted by molar-refractivity contribution is 1.34.